The molecule has 0 saturated heterocycles. The molecule has 0 unspecified atom stereocenters. The number of carbonyl (C=O) groups excluding carboxylic acids is 2. The fourth-order valence-electron chi connectivity index (χ4n) is 4.34. The fourth-order valence-corrected chi connectivity index (χ4v) is 4.34. The lowest BCUT2D eigenvalue weighted by molar-refractivity contribution is 0.101. The van der Waals surface area contributed by atoms with E-state index in [4.69, 9.17) is 18.3 Å². The van der Waals surface area contributed by atoms with Crippen molar-refractivity contribution in [3.63, 3.8) is 0 Å². The maximum absolute atomic E-state index is 12.4. The molecule has 0 radical (unpaired) electrons. The van der Waals surface area contributed by atoms with Crippen LogP contribution in [0.2, 0.25) is 0 Å². The van der Waals surface area contributed by atoms with Gasteiger partial charge in [-0.15, -0.1) is 0 Å². The van der Waals surface area contributed by atoms with Crippen LogP contribution >= 0.6 is 0 Å². The second kappa shape index (κ2) is 13.2. The third-order valence-electron chi connectivity index (χ3n) is 6.56. The first kappa shape index (κ1) is 29.3. The van der Waals surface area contributed by atoms with Crippen LogP contribution in [0.25, 0.3) is 21.9 Å². The summed E-state index contributed by atoms with van der Waals surface area (Å²) in [6, 6.07) is 27.5. The van der Waals surface area contributed by atoms with Crippen LogP contribution < -0.4 is 31.0 Å². The second-order valence-corrected chi connectivity index (χ2v) is 9.26. The molecule has 6 aromatic rings. The number of nitrogens with one attached hydrogen (secondary N) is 2. The number of ether oxygens (including phenoxy) is 2. The third-order valence-corrected chi connectivity index (χ3v) is 6.56. The number of methoxy groups -OCH3 is 2. The molecule has 44 heavy (non-hydrogen) atoms. The molecule has 0 aliphatic rings. The molecule has 0 fully saturated rings. The highest BCUT2D eigenvalue weighted by Gasteiger charge is 2.17. The summed E-state index contributed by atoms with van der Waals surface area (Å²) in [4.78, 5) is 49.4. The monoisotopic (exact) mass is 590 g/mol. The SMILES string of the molecule is COc1ccccc1NC(=O)c1coc2ccccc2c1=O.COc1ccccc1NC(=O)c1coc2ccccc2c1=O. The Balaban J connectivity index is 0.000000175. The van der Waals surface area contributed by atoms with Crippen molar-refractivity contribution in [2.75, 3.05) is 24.9 Å². The largest absolute Gasteiger partial charge is 0.495 e. The zero-order valence-corrected chi connectivity index (χ0v) is 23.7. The highest BCUT2D eigenvalue weighted by Crippen LogP contribution is 2.24. The van der Waals surface area contributed by atoms with E-state index in [0.717, 1.165) is 0 Å². The number of para-hydroxylation sites is 6. The third kappa shape index (κ3) is 6.19. The molecule has 4 aromatic carbocycles. The minimum Gasteiger partial charge on any atom is -0.495 e. The molecule has 2 amide bonds. The Bertz CT molecular complexity index is 1950. The van der Waals surface area contributed by atoms with Crippen molar-refractivity contribution in [1.29, 1.82) is 0 Å². The van der Waals surface area contributed by atoms with Gasteiger partial charge < -0.3 is 28.9 Å². The number of amides is 2. The quantitative estimate of drug-likeness (QED) is 0.237. The van der Waals surface area contributed by atoms with Crippen molar-refractivity contribution in [2.24, 2.45) is 0 Å². The van der Waals surface area contributed by atoms with E-state index < -0.39 is 11.8 Å². The number of carbonyl (C=O) groups is 2. The average molecular weight is 591 g/mol. The smallest absolute Gasteiger partial charge is 0.262 e. The number of anilines is 2. The number of fused-ring (bicyclic) bond motifs is 2. The zero-order chi connectivity index (χ0) is 31.1. The molecule has 0 spiro atoms. The number of hydrogen-bond acceptors (Lipinski definition) is 8. The Morgan fingerprint density at radius 2 is 0.909 bits per heavy atom. The average Bonchev–Trinajstić information content (AvgIpc) is 3.06. The van der Waals surface area contributed by atoms with Gasteiger partial charge in [0, 0.05) is 0 Å². The molecule has 10 heteroatoms. The van der Waals surface area contributed by atoms with Crippen LogP contribution in [-0.2, 0) is 0 Å². The minimum absolute atomic E-state index is 0.0513. The van der Waals surface area contributed by atoms with Crippen molar-refractivity contribution in [2.45, 2.75) is 0 Å². The van der Waals surface area contributed by atoms with Crippen LogP contribution in [0, 0.1) is 0 Å². The number of hydrogen-bond donors (Lipinski definition) is 2. The summed E-state index contributed by atoms with van der Waals surface area (Å²) in [7, 11) is 3.02. The summed E-state index contributed by atoms with van der Waals surface area (Å²) < 4.78 is 21.0. The molecule has 2 aromatic heterocycles. The van der Waals surface area contributed by atoms with Gasteiger partial charge in [0.15, 0.2) is 0 Å². The van der Waals surface area contributed by atoms with E-state index in [1.807, 2.05) is 0 Å². The second-order valence-electron chi connectivity index (χ2n) is 9.26. The molecule has 0 aliphatic heterocycles. The summed E-state index contributed by atoms with van der Waals surface area (Å²) in [5.41, 5.74) is 1.03. The molecular weight excluding hydrogens is 564 g/mol. The lowest BCUT2D eigenvalue weighted by Crippen LogP contribution is -2.21. The maximum atomic E-state index is 12.4. The van der Waals surface area contributed by atoms with E-state index in [9.17, 15) is 19.2 Å². The molecule has 0 bridgehead atoms. The van der Waals surface area contributed by atoms with Crippen molar-refractivity contribution >= 4 is 45.1 Å². The van der Waals surface area contributed by atoms with Gasteiger partial charge in [-0.3, -0.25) is 19.2 Å². The van der Waals surface area contributed by atoms with Crippen LogP contribution in [0.5, 0.6) is 11.5 Å². The van der Waals surface area contributed by atoms with E-state index in [0.29, 0.717) is 44.8 Å². The van der Waals surface area contributed by atoms with E-state index in [-0.39, 0.29) is 22.0 Å². The summed E-state index contributed by atoms with van der Waals surface area (Å²) in [5, 5.41) is 6.06. The summed E-state index contributed by atoms with van der Waals surface area (Å²) in [5.74, 6) is -0.0462. The first-order valence-electron chi connectivity index (χ1n) is 13.3. The zero-order valence-electron chi connectivity index (χ0n) is 23.7. The topological polar surface area (TPSA) is 137 Å². The predicted molar refractivity (Wildman–Crippen MR) is 167 cm³/mol. The van der Waals surface area contributed by atoms with E-state index in [2.05, 4.69) is 10.6 Å². The molecule has 220 valence electrons. The van der Waals surface area contributed by atoms with Gasteiger partial charge in [-0.25, -0.2) is 0 Å². The molecule has 10 nitrogen and oxygen atoms in total. The summed E-state index contributed by atoms with van der Waals surface area (Å²) in [6.07, 6.45) is 2.35. The number of benzene rings is 4. The van der Waals surface area contributed by atoms with Gasteiger partial charge in [0.2, 0.25) is 10.9 Å². The van der Waals surface area contributed by atoms with E-state index in [1.54, 1.807) is 97.1 Å². The van der Waals surface area contributed by atoms with Crippen molar-refractivity contribution < 1.29 is 27.9 Å². The number of rotatable bonds is 6. The van der Waals surface area contributed by atoms with Gasteiger partial charge in [0.25, 0.3) is 11.8 Å². The fraction of sp³-hybridized carbons (Fsp3) is 0.0588. The summed E-state index contributed by atoms with van der Waals surface area (Å²) in [6.45, 7) is 0. The van der Waals surface area contributed by atoms with Crippen LogP contribution in [0.1, 0.15) is 20.7 Å². The lowest BCUT2D eigenvalue weighted by atomic mass is 10.1. The Kier molecular flexibility index (Phi) is 8.81. The van der Waals surface area contributed by atoms with Crippen LogP contribution in [0.15, 0.2) is 128 Å². The molecule has 0 aliphatic carbocycles. The van der Waals surface area contributed by atoms with Gasteiger partial charge >= 0.3 is 0 Å². The maximum Gasteiger partial charge on any atom is 0.262 e. The summed E-state index contributed by atoms with van der Waals surface area (Å²) >= 11 is 0. The van der Waals surface area contributed by atoms with Gasteiger partial charge in [-0.05, 0) is 48.5 Å². The highest BCUT2D eigenvalue weighted by molar-refractivity contribution is 6.06. The van der Waals surface area contributed by atoms with Gasteiger partial charge in [-0.2, -0.15) is 0 Å². The standard InChI is InChI=1S/2C17H13NO4/c2*1-21-15-9-5-3-7-13(15)18-17(20)12-10-22-14-8-4-2-6-11(14)16(12)19/h2*2-10H,1H3,(H,18,20). The van der Waals surface area contributed by atoms with Crippen molar-refractivity contribution in [3.8, 4) is 11.5 Å². The molecule has 2 N–H and O–H groups in total. The highest BCUT2D eigenvalue weighted by atomic mass is 16.5. The molecular formula is C34H26N2O8. The lowest BCUT2D eigenvalue weighted by Gasteiger charge is -2.09. The van der Waals surface area contributed by atoms with E-state index in [1.165, 1.54) is 26.7 Å². The van der Waals surface area contributed by atoms with E-state index >= 15 is 0 Å². The normalized spacial score (nSPS) is 10.4. The van der Waals surface area contributed by atoms with Gasteiger partial charge in [0.05, 0.1) is 36.4 Å². The first-order valence-corrected chi connectivity index (χ1v) is 13.3. The van der Waals surface area contributed by atoms with Crippen LogP contribution in [-0.4, -0.2) is 26.0 Å². The first-order chi connectivity index (χ1) is 21.4. The molecule has 0 atom stereocenters. The Hall–Kier alpha value is -6.16. The predicted octanol–water partition coefficient (Wildman–Crippen LogP) is 6.11. The van der Waals surface area contributed by atoms with Crippen LogP contribution in [0.4, 0.5) is 11.4 Å². The molecule has 2 heterocycles. The Labute approximate surface area is 250 Å². The van der Waals surface area contributed by atoms with Gasteiger partial charge in [0.1, 0.15) is 46.3 Å². The molecule has 6 rings (SSSR count). The Morgan fingerprint density at radius 1 is 0.545 bits per heavy atom. The van der Waals surface area contributed by atoms with Crippen molar-refractivity contribution in [3.05, 3.63) is 141 Å². The van der Waals surface area contributed by atoms with Crippen LogP contribution in [0.3, 0.4) is 0 Å². The minimum atomic E-state index is -0.538. The molecule has 0 saturated carbocycles. The van der Waals surface area contributed by atoms with Crippen molar-refractivity contribution in [1.82, 2.24) is 0 Å². The Morgan fingerprint density at radius 3 is 1.32 bits per heavy atom. The van der Waals surface area contributed by atoms with Gasteiger partial charge in [-0.1, -0.05) is 48.5 Å².